The average Bonchev–Trinajstić information content (AvgIpc) is 4.10. The van der Waals surface area contributed by atoms with Gasteiger partial charge >= 0.3 is 5.97 Å². The van der Waals surface area contributed by atoms with Crippen molar-refractivity contribution in [1.82, 2.24) is 15.2 Å². The fourth-order valence-electron chi connectivity index (χ4n) is 7.66. The van der Waals surface area contributed by atoms with Gasteiger partial charge in [0.1, 0.15) is 6.04 Å². The molecular weight excluding hydrogens is 975 g/mol. The number of amides is 2. The number of hydrogen-bond donors (Lipinski definition) is 10. The Hall–Kier alpha value is -3.58. The Morgan fingerprint density at radius 2 is 1.34 bits per heavy atom. The lowest BCUT2D eigenvalue weighted by Gasteiger charge is -2.38. The Labute approximate surface area is 443 Å². The van der Waals surface area contributed by atoms with E-state index in [9.17, 15) is 19.5 Å². The number of H-pyrrole nitrogens is 1. The number of fused-ring (bicyclic) bond motifs is 1. The molecule has 1 unspecified atom stereocenters. The fourth-order valence-corrected chi connectivity index (χ4v) is 7.84. The van der Waals surface area contributed by atoms with Gasteiger partial charge in [0.15, 0.2) is 0 Å². The number of aliphatic hydroxyl groups excluding tert-OH is 2. The largest absolute Gasteiger partial charge is 0.480 e. The highest BCUT2D eigenvalue weighted by Crippen LogP contribution is 2.43. The smallest absolute Gasteiger partial charge is 0.326 e. The van der Waals surface area contributed by atoms with Crippen LogP contribution >= 0.6 is 59.5 Å². The first kappa shape index (κ1) is 64.4. The van der Waals surface area contributed by atoms with Crippen molar-refractivity contribution < 1.29 is 29.7 Å². The van der Waals surface area contributed by atoms with Crippen LogP contribution in [-0.4, -0.2) is 103 Å². The van der Waals surface area contributed by atoms with Crippen molar-refractivity contribution in [2.45, 2.75) is 122 Å². The standard InChI is InChI=1S/C37H37N3O3.2C5H12O.C3H8N2OS.C2H6.CH2S2.CH4S2/c41-35(39-33(36(42)43)25-27-26-38-32-20-11-10-19-31(27)32)34-21-12-23-40(34)24-22-37(28-13-4-1-5-14-28,29-15-6-2-7-16-29)30-17-8-3-9-18-30;1-3-4-5(2)6;1-2-3-4-5-6;4-2(1-7)3(5)6;1-2;1-2-3-1;2-1-3/h1-11,13-20,26,33-34,38H,12,21-25H2,(H,39,41)(H,42,43);5-6H,3-4H2,1-2H3;6H,2-5H2,1H3;2,7H,1,4H2,(H2,5,6);1-2H3;1H2;2-3H,1H2/t33-,34-;;;2-;;;/m0..0.../s1. The summed E-state index contributed by atoms with van der Waals surface area (Å²) in [5.74, 6) is -1.43. The summed E-state index contributed by atoms with van der Waals surface area (Å²) in [6.07, 6.45) is 9.67. The number of aliphatic hydroxyl groups is 2. The maximum atomic E-state index is 13.7. The molecule has 0 saturated carbocycles. The number of aromatic nitrogens is 1. The molecule has 4 atom stereocenters. The van der Waals surface area contributed by atoms with E-state index in [0.29, 0.717) is 30.4 Å². The molecule has 70 heavy (non-hydrogen) atoms. The van der Waals surface area contributed by atoms with Crippen LogP contribution in [0.2, 0.25) is 0 Å². The summed E-state index contributed by atoms with van der Waals surface area (Å²) in [4.78, 5) is 41.4. The van der Waals surface area contributed by atoms with Gasteiger partial charge in [-0.3, -0.25) is 14.5 Å². The minimum Gasteiger partial charge on any atom is -0.480 e. The Balaban J connectivity index is 0.000000742. The average molecular weight is 1060 g/mol. The Morgan fingerprint density at radius 3 is 1.71 bits per heavy atom. The Morgan fingerprint density at radius 1 is 0.843 bits per heavy atom. The molecule has 0 radical (unpaired) electrons. The van der Waals surface area contributed by atoms with Gasteiger partial charge in [-0.15, -0.1) is 0 Å². The monoisotopic (exact) mass is 1060 g/mol. The zero-order chi connectivity index (χ0) is 52.2. The molecule has 0 bridgehead atoms. The van der Waals surface area contributed by atoms with Crippen LogP contribution in [0.1, 0.15) is 108 Å². The number of likely N-dealkylation sites (tertiary alicyclic amines) is 1. The van der Waals surface area contributed by atoms with E-state index in [1.807, 2.05) is 91.0 Å². The zero-order valence-electron chi connectivity index (χ0n) is 41.8. The van der Waals surface area contributed by atoms with Crippen molar-refractivity contribution in [2.24, 2.45) is 11.5 Å². The van der Waals surface area contributed by atoms with Crippen molar-refractivity contribution in [3.8, 4) is 0 Å². The van der Waals surface area contributed by atoms with E-state index in [1.54, 1.807) is 0 Å². The lowest BCUT2D eigenvalue weighted by molar-refractivity contribution is -0.142. The molecule has 2 aliphatic heterocycles. The summed E-state index contributed by atoms with van der Waals surface area (Å²) in [6.45, 7) is 11.8. The molecule has 3 heterocycles. The molecule has 5 aromatic rings. The third-order valence-corrected chi connectivity index (χ3v) is 12.4. The number of primary amides is 1. The molecule has 4 aromatic carbocycles. The van der Waals surface area contributed by atoms with Crippen molar-refractivity contribution in [2.75, 3.05) is 35.6 Å². The number of thiol groups is 3. The number of aliphatic carboxylic acids is 1. The van der Waals surface area contributed by atoms with Crippen LogP contribution in [-0.2, 0) is 26.2 Å². The SMILES string of the molecule is C1SS1.CC.CCCC(C)O.CCCCCO.NC(=O)[C@@H](N)CS.O=C(O)[C@H](Cc1c[nH]c2ccccc12)NC(=O)[C@@H]1CCCN1CCC(c1ccccc1)(c1ccccc1)c1ccccc1.SCS. The summed E-state index contributed by atoms with van der Waals surface area (Å²) >= 11 is 11.0. The van der Waals surface area contributed by atoms with Crippen LogP contribution < -0.4 is 16.8 Å². The van der Waals surface area contributed by atoms with Gasteiger partial charge in [0.05, 0.1) is 23.3 Å². The molecule has 388 valence electrons. The number of rotatable bonds is 18. The number of carboxylic acid groups (broad SMARTS) is 1. The summed E-state index contributed by atoms with van der Waals surface area (Å²) in [5, 5.41) is 32.6. The molecule has 7 rings (SSSR count). The number of aromatic amines is 1. The number of nitrogens with two attached hydrogens (primary N) is 2. The molecule has 2 amide bonds. The highest BCUT2D eigenvalue weighted by Gasteiger charge is 2.39. The van der Waals surface area contributed by atoms with Crippen LogP contribution in [0, 0.1) is 0 Å². The van der Waals surface area contributed by atoms with E-state index in [-0.39, 0.29) is 24.5 Å². The second-order valence-corrected chi connectivity index (χ2v) is 20.5. The molecule has 2 fully saturated rings. The number of nitrogens with zero attached hydrogens (tertiary/aromatic N) is 1. The second-order valence-electron chi connectivity index (χ2n) is 16.2. The van der Waals surface area contributed by atoms with Gasteiger partial charge in [0, 0.05) is 52.9 Å². The molecule has 1 aromatic heterocycles. The van der Waals surface area contributed by atoms with E-state index >= 15 is 0 Å². The first-order valence-electron chi connectivity index (χ1n) is 24.2. The van der Waals surface area contributed by atoms with Crippen molar-refractivity contribution >= 4 is 88.2 Å². The van der Waals surface area contributed by atoms with Gasteiger partial charge in [0.25, 0.3) is 0 Å². The summed E-state index contributed by atoms with van der Waals surface area (Å²) < 4.78 is 0. The van der Waals surface area contributed by atoms with Gasteiger partial charge in [-0.2, -0.15) is 37.9 Å². The number of para-hydroxylation sites is 1. The van der Waals surface area contributed by atoms with E-state index in [0.717, 1.165) is 61.5 Å². The fraction of sp³-hybridized carbons (Fsp3) is 0.463. The highest BCUT2D eigenvalue weighted by molar-refractivity contribution is 8.92. The third kappa shape index (κ3) is 24.2. The van der Waals surface area contributed by atoms with Crippen molar-refractivity contribution in [3.63, 3.8) is 0 Å². The predicted molar refractivity (Wildman–Crippen MR) is 308 cm³/mol. The van der Waals surface area contributed by atoms with E-state index in [1.165, 1.54) is 28.2 Å². The maximum Gasteiger partial charge on any atom is 0.326 e. The van der Waals surface area contributed by atoms with Crippen LogP contribution in [0.15, 0.2) is 121 Å². The number of carbonyl (C=O) groups excluding carboxylic acids is 2. The van der Waals surface area contributed by atoms with Crippen molar-refractivity contribution in [1.29, 1.82) is 0 Å². The summed E-state index contributed by atoms with van der Waals surface area (Å²) in [7, 11) is 3.83. The van der Waals surface area contributed by atoms with Gasteiger partial charge in [-0.25, -0.2) is 4.79 Å². The Bertz CT molecular complexity index is 2000. The molecule has 0 aliphatic carbocycles. The minimum absolute atomic E-state index is 0.102. The van der Waals surface area contributed by atoms with Crippen molar-refractivity contribution in [3.05, 3.63) is 144 Å². The summed E-state index contributed by atoms with van der Waals surface area (Å²) in [5.41, 5.74) is 14.8. The molecule has 16 heteroatoms. The molecule has 11 nitrogen and oxygen atoms in total. The van der Waals surface area contributed by atoms with Crippen LogP contribution in [0.4, 0.5) is 0 Å². The number of carboxylic acids is 1. The quantitative estimate of drug-likeness (QED) is 0.0101. The molecular formula is C54H81N5O6S5. The summed E-state index contributed by atoms with van der Waals surface area (Å²) in [6, 6.07) is 37.6. The Kier molecular flexibility index (Phi) is 35.9. The van der Waals surface area contributed by atoms with Crippen LogP contribution in [0.3, 0.4) is 0 Å². The first-order chi connectivity index (χ1) is 33.8. The topological polar surface area (TPSA) is 195 Å². The number of nitrogens with one attached hydrogen (secondary N) is 2. The number of unbranched alkanes of at least 4 members (excludes halogenated alkanes) is 2. The maximum absolute atomic E-state index is 13.7. The van der Waals surface area contributed by atoms with Crippen LogP contribution in [0.25, 0.3) is 10.9 Å². The predicted octanol–water partition coefficient (Wildman–Crippen LogP) is 10.4. The van der Waals surface area contributed by atoms with Gasteiger partial charge < -0.3 is 37.1 Å². The van der Waals surface area contributed by atoms with E-state index in [2.05, 4.69) is 140 Å². The minimum atomic E-state index is -1.03. The second kappa shape index (κ2) is 39.0. The lowest BCUT2D eigenvalue weighted by Crippen LogP contribution is -2.51. The lowest BCUT2D eigenvalue weighted by atomic mass is 9.67. The van der Waals surface area contributed by atoms with E-state index < -0.39 is 29.4 Å². The number of hydrogen-bond acceptors (Lipinski definition) is 12. The zero-order valence-corrected chi connectivity index (χ0v) is 46.1. The van der Waals surface area contributed by atoms with E-state index in [4.69, 9.17) is 21.7 Å². The van der Waals surface area contributed by atoms with Gasteiger partial charge in [-0.1, -0.05) is 178 Å². The first-order valence-corrected chi connectivity index (χ1v) is 28.6. The van der Waals surface area contributed by atoms with Gasteiger partial charge in [-0.05, 0) is 73.9 Å². The number of benzene rings is 4. The normalized spacial score (nSPS) is 14.7. The third-order valence-electron chi connectivity index (χ3n) is 11.1. The number of carbonyl (C=O) groups is 3. The molecule has 9 N–H and O–H groups in total. The molecule has 0 spiro atoms. The highest BCUT2D eigenvalue weighted by atomic mass is 33.2. The van der Waals surface area contributed by atoms with Crippen LogP contribution in [0.5, 0.6) is 0 Å². The molecule has 2 aliphatic rings. The van der Waals surface area contributed by atoms with Gasteiger partial charge in [0.2, 0.25) is 11.8 Å². The molecule has 2 saturated heterocycles.